The van der Waals surface area contributed by atoms with Crippen LogP contribution in [0.1, 0.15) is 32.1 Å². The Morgan fingerprint density at radius 1 is 1.46 bits per heavy atom. The third-order valence-corrected chi connectivity index (χ3v) is 4.38. The lowest BCUT2D eigenvalue weighted by atomic mass is 10.1. The lowest BCUT2D eigenvalue weighted by Gasteiger charge is -2.23. The van der Waals surface area contributed by atoms with Gasteiger partial charge in [0.25, 0.3) is 0 Å². The zero-order chi connectivity index (χ0) is 18.4. The van der Waals surface area contributed by atoms with Crippen LogP contribution in [-0.4, -0.2) is 41.5 Å². The summed E-state index contributed by atoms with van der Waals surface area (Å²) in [7, 11) is 0. The van der Waals surface area contributed by atoms with Gasteiger partial charge in [-0.25, -0.2) is 0 Å². The molecule has 1 aliphatic heterocycles. The molecule has 1 aromatic heterocycles. The maximum Gasteiger partial charge on any atom is 0.249 e. The number of hydrogen-bond donors (Lipinski definition) is 1. The standard InChI is InChI=1S/C18H22ClN3O4/c1-12(25-11-15-7-2-3-8-24-15)18(23)20-10-16-21-17(22-26-16)13-5-4-6-14(19)9-13/h4-6,9,12,15H,2-3,7-8,10-11H2,1H3,(H,20,23). The number of aromatic nitrogens is 2. The van der Waals surface area contributed by atoms with E-state index in [1.165, 1.54) is 0 Å². The first-order valence-corrected chi connectivity index (χ1v) is 9.09. The summed E-state index contributed by atoms with van der Waals surface area (Å²) in [6, 6.07) is 7.16. The Morgan fingerprint density at radius 3 is 3.12 bits per heavy atom. The third-order valence-electron chi connectivity index (χ3n) is 4.14. The van der Waals surface area contributed by atoms with Crippen molar-refractivity contribution in [2.24, 2.45) is 0 Å². The van der Waals surface area contributed by atoms with Crippen LogP contribution in [0.2, 0.25) is 5.02 Å². The van der Waals surface area contributed by atoms with Gasteiger partial charge in [0.05, 0.1) is 19.3 Å². The fourth-order valence-corrected chi connectivity index (χ4v) is 2.83. The van der Waals surface area contributed by atoms with Crippen molar-refractivity contribution in [3.05, 3.63) is 35.2 Å². The van der Waals surface area contributed by atoms with E-state index in [2.05, 4.69) is 15.5 Å². The first kappa shape index (κ1) is 18.8. The van der Waals surface area contributed by atoms with Crippen molar-refractivity contribution in [3.63, 3.8) is 0 Å². The van der Waals surface area contributed by atoms with Crippen molar-refractivity contribution in [1.82, 2.24) is 15.5 Å². The summed E-state index contributed by atoms with van der Waals surface area (Å²) in [6.07, 6.45) is 2.71. The molecule has 1 fully saturated rings. The van der Waals surface area contributed by atoms with Crippen molar-refractivity contribution >= 4 is 17.5 Å². The van der Waals surface area contributed by atoms with E-state index in [-0.39, 0.29) is 18.6 Å². The highest BCUT2D eigenvalue weighted by Gasteiger charge is 2.19. The van der Waals surface area contributed by atoms with Crippen LogP contribution >= 0.6 is 11.6 Å². The molecule has 7 nitrogen and oxygen atoms in total. The summed E-state index contributed by atoms with van der Waals surface area (Å²) < 4.78 is 16.4. The minimum Gasteiger partial charge on any atom is -0.376 e. The van der Waals surface area contributed by atoms with Crippen LogP contribution in [0.25, 0.3) is 11.4 Å². The smallest absolute Gasteiger partial charge is 0.249 e. The summed E-state index contributed by atoms with van der Waals surface area (Å²) in [5.41, 5.74) is 0.753. The van der Waals surface area contributed by atoms with E-state index < -0.39 is 6.10 Å². The second-order valence-electron chi connectivity index (χ2n) is 6.20. The molecule has 140 valence electrons. The molecule has 0 aliphatic carbocycles. The van der Waals surface area contributed by atoms with Gasteiger partial charge in [0.1, 0.15) is 6.10 Å². The number of amides is 1. The van der Waals surface area contributed by atoms with Gasteiger partial charge in [0.15, 0.2) is 0 Å². The van der Waals surface area contributed by atoms with Crippen LogP contribution in [0.5, 0.6) is 0 Å². The summed E-state index contributed by atoms with van der Waals surface area (Å²) in [4.78, 5) is 16.4. The van der Waals surface area contributed by atoms with Crippen molar-refractivity contribution < 1.29 is 18.8 Å². The molecule has 0 saturated carbocycles. The Hall–Kier alpha value is -1.96. The van der Waals surface area contributed by atoms with Crippen molar-refractivity contribution in [2.75, 3.05) is 13.2 Å². The molecule has 1 saturated heterocycles. The number of rotatable bonds is 7. The number of benzene rings is 1. The molecule has 3 rings (SSSR count). The molecule has 8 heteroatoms. The number of ether oxygens (including phenoxy) is 2. The minimum absolute atomic E-state index is 0.0789. The van der Waals surface area contributed by atoms with Crippen LogP contribution in [-0.2, 0) is 20.8 Å². The second-order valence-corrected chi connectivity index (χ2v) is 6.64. The van der Waals surface area contributed by atoms with Gasteiger partial charge in [-0.2, -0.15) is 4.98 Å². The largest absolute Gasteiger partial charge is 0.376 e. The Morgan fingerprint density at radius 2 is 2.35 bits per heavy atom. The van der Waals surface area contributed by atoms with Crippen LogP contribution in [0.4, 0.5) is 0 Å². The van der Waals surface area contributed by atoms with Crippen LogP contribution in [0.3, 0.4) is 0 Å². The van der Waals surface area contributed by atoms with Gasteiger partial charge in [-0.1, -0.05) is 28.9 Å². The van der Waals surface area contributed by atoms with Crippen LogP contribution < -0.4 is 5.32 Å². The van der Waals surface area contributed by atoms with E-state index in [1.54, 1.807) is 19.1 Å². The maximum absolute atomic E-state index is 12.1. The predicted octanol–water partition coefficient (Wildman–Crippen LogP) is 2.98. The molecular formula is C18H22ClN3O4. The first-order chi connectivity index (χ1) is 12.6. The van der Waals surface area contributed by atoms with Gasteiger partial charge in [-0.3, -0.25) is 4.79 Å². The molecular weight excluding hydrogens is 358 g/mol. The quantitative estimate of drug-likeness (QED) is 0.795. The third kappa shape index (κ3) is 5.27. The molecule has 1 aromatic carbocycles. The normalized spacial score (nSPS) is 18.5. The summed E-state index contributed by atoms with van der Waals surface area (Å²) in [6.45, 7) is 3.04. The summed E-state index contributed by atoms with van der Waals surface area (Å²) >= 11 is 5.96. The van der Waals surface area contributed by atoms with Gasteiger partial charge in [-0.05, 0) is 38.3 Å². The number of hydrogen-bond acceptors (Lipinski definition) is 6. The molecule has 0 bridgehead atoms. The maximum atomic E-state index is 12.1. The topological polar surface area (TPSA) is 86.5 Å². The molecule has 1 amide bonds. The number of halogens is 1. The van der Waals surface area contributed by atoms with Crippen molar-refractivity contribution in [1.29, 1.82) is 0 Å². The van der Waals surface area contributed by atoms with Crippen LogP contribution in [0.15, 0.2) is 28.8 Å². The van der Waals surface area contributed by atoms with Crippen molar-refractivity contribution in [3.8, 4) is 11.4 Å². The number of carbonyl (C=O) groups is 1. The molecule has 2 aromatic rings. The van der Waals surface area contributed by atoms with E-state index in [4.69, 9.17) is 25.6 Å². The SMILES string of the molecule is CC(OCC1CCCCO1)C(=O)NCc1nc(-c2cccc(Cl)c2)no1. The van der Waals surface area contributed by atoms with E-state index in [1.807, 2.05) is 12.1 Å². The Labute approximate surface area is 157 Å². The first-order valence-electron chi connectivity index (χ1n) is 8.71. The van der Waals surface area contributed by atoms with E-state index in [0.29, 0.717) is 23.3 Å². The molecule has 2 unspecified atom stereocenters. The molecule has 1 aliphatic rings. The number of nitrogens with one attached hydrogen (secondary N) is 1. The average Bonchev–Trinajstić information content (AvgIpc) is 3.14. The summed E-state index contributed by atoms with van der Waals surface area (Å²) in [5.74, 6) is 0.509. The monoisotopic (exact) mass is 379 g/mol. The van der Waals surface area contributed by atoms with E-state index in [0.717, 1.165) is 31.4 Å². The predicted molar refractivity (Wildman–Crippen MR) is 95.6 cm³/mol. The molecule has 26 heavy (non-hydrogen) atoms. The van der Waals surface area contributed by atoms with Gasteiger partial charge in [0.2, 0.25) is 17.6 Å². The van der Waals surface area contributed by atoms with E-state index in [9.17, 15) is 4.79 Å². The van der Waals surface area contributed by atoms with Gasteiger partial charge in [-0.15, -0.1) is 0 Å². The average molecular weight is 380 g/mol. The summed E-state index contributed by atoms with van der Waals surface area (Å²) in [5, 5.41) is 7.23. The highest BCUT2D eigenvalue weighted by Crippen LogP contribution is 2.20. The van der Waals surface area contributed by atoms with Crippen molar-refractivity contribution in [2.45, 2.75) is 44.9 Å². The number of carbonyl (C=O) groups excluding carboxylic acids is 1. The molecule has 0 spiro atoms. The Balaban J connectivity index is 1.45. The highest BCUT2D eigenvalue weighted by atomic mass is 35.5. The Bertz CT molecular complexity index is 731. The minimum atomic E-state index is -0.573. The second kappa shape index (κ2) is 9.12. The molecule has 1 N–H and O–H groups in total. The molecule has 2 atom stereocenters. The van der Waals surface area contributed by atoms with Gasteiger partial charge >= 0.3 is 0 Å². The fourth-order valence-electron chi connectivity index (χ4n) is 2.64. The van der Waals surface area contributed by atoms with E-state index >= 15 is 0 Å². The zero-order valence-electron chi connectivity index (χ0n) is 14.6. The molecule has 0 radical (unpaired) electrons. The Kier molecular flexibility index (Phi) is 6.60. The van der Waals surface area contributed by atoms with Gasteiger partial charge in [0, 0.05) is 17.2 Å². The fraction of sp³-hybridized carbons (Fsp3) is 0.500. The lowest BCUT2D eigenvalue weighted by molar-refractivity contribution is -0.135. The zero-order valence-corrected chi connectivity index (χ0v) is 15.4. The van der Waals surface area contributed by atoms with Gasteiger partial charge < -0.3 is 19.3 Å². The number of nitrogens with zero attached hydrogens (tertiary/aromatic N) is 2. The van der Waals surface area contributed by atoms with Crippen LogP contribution in [0, 0.1) is 0 Å². The molecule has 2 heterocycles. The highest BCUT2D eigenvalue weighted by molar-refractivity contribution is 6.30. The lowest BCUT2D eigenvalue weighted by Crippen LogP contribution is -2.36.